The number of amides is 1. The van der Waals surface area contributed by atoms with Gasteiger partial charge >= 0.3 is 0 Å². The Morgan fingerprint density at radius 2 is 1.65 bits per heavy atom. The maximum Gasteiger partial charge on any atom is 0.248 e. The van der Waals surface area contributed by atoms with Gasteiger partial charge in [0.1, 0.15) is 29.1 Å². The molecule has 1 heterocycles. The van der Waals surface area contributed by atoms with Gasteiger partial charge in [-0.2, -0.15) is 0 Å². The van der Waals surface area contributed by atoms with Crippen molar-refractivity contribution in [2.24, 2.45) is 5.73 Å². The molecule has 8 heteroatoms. The Kier molecular flexibility index (Phi) is 7.51. The summed E-state index contributed by atoms with van der Waals surface area (Å²) in [6, 6.07) is 17.8. The van der Waals surface area contributed by atoms with Crippen LogP contribution < -0.4 is 11.5 Å². The summed E-state index contributed by atoms with van der Waals surface area (Å²) in [5.74, 6) is -3.00. The highest BCUT2D eigenvalue weighted by Crippen LogP contribution is 2.36. The van der Waals surface area contributed by atoms with Gasteiger partial charge in [0.25, 0.3) is 0 Å². The van der Waals surface area contributed by atoms with Crippen molar-refractivity contribution in [1.82, 2.24) is 4.98 Å². The lowest BCUT2D eigenvalue weighted by Gasteiger charge is -2.21. The molecular weight excluding hydrogens is 515 g/mol. The lowest BCUT2D eigenvalue weighted by Crippen LogP contribution is -2.14. The van der Waals surface area contributed by atoms with E-state index in [-0.39, 0.29) is 36.7 Å². The van der Waals surface area contributed by atoms with Crippen LogP contribution in [0, 0.1) is 17.5 Å². The van der Waals surface area contributed by atoms with Gasteiger partial charge in [0.15, 0.2) is 0 Å². The van der Waals surface area contributed by atoms with Crippen LogP contribution in [0.25, 0.3) is 16.7 Å². The van der Waals surface area contributed by atoms with Crippen LogP contribution in [0.2, 0.25) is 0 Å². The fourth-order valence-electron chi connectivity index (χ4n) is 5.26. The smallest absolute Gasteiger partial charge is 0.248 e. The van der Waals surface area contributed by atoms with Crippen molar-refractivity contribution in [3.05, 3.63) is 124 Å². The van der Waals surface area contributed by atoms with Gasteiger partial charge in [-0.3, -0.25) is 9.59 Å². The molecule has 3 aromatic carbocycles. The Hall–Kier alpha value is -4.72. The molecule has 0 radical (unpaired) electrons. The molecule has 4 N–H and O–H groups in total. The third-order valence-electron chi connectivity index (χ3n) is 7.04. The van der Waals surface area contributed by atoms with Crippen molar-refractivity contribution >= 4 is 23.1 Å². The molecule has 4 aromatic rings. The van der Waals surface area contributed by atoms with Crippen LogP contribution in [-0.4, -0.2) is 16.7 Å². The summed E-state index contributed by atoms with van der Waals surface area (Å²) in [5, 5.41) is 0. The second-order valence-corrected chi connectivity index (χ2v) is 9.95. The quantitative estimate of drug-likeness (QED) is 0.265. The van der Waals surface area contributed by atoms with Gasteiger partial charge in [-0.1, -0.05) is 24.3 Å². The van der Waals surface area contributed by atoms with E-state index in [1.807, 2.05) is 6.08 Å². The van der Waals surface area contributed by atoms with Gasteiger partial charge in [-0.15, -0.1) is 0 Å². The Labute approximate surface area is 229 Å². The fraction of sp³-hybridized carbons (Fsp3) is 0.156. The topological polar surface area (TPSA) is 99.1 Å². The number of nitrogens with two attached hydrogens (primary N) is 2. The second kappa shape index (κ2) is 11.2. The number of carbonyl (C=O) groups excluding carboxylic acids is 2. The Morgan fingerprint density at radius 1 is 0.875 bits per heavy atom. The Morgan fingerprint density at radius 3 is 2.40 bits per heavy atom. The van der Waals surface area contributed by atoms with E-state index in [4.69, 9.17) is 11.5 Å². The summed E-state index contributed by atoms with van der Waals surface area (Å²) < 4.78 is 42.1. The molecule has 0 spiro atoms. The van der Waals surface area contributed by atoms with Gasteiger partial charge < -0.3 is 11.5 Å². The molecule has 1 aromatic heterocycles. The zero-order valence-electron chi connectivity index (χ0n) is 21.5. The number of rotatable bonds is 9. The zero-order chi connectivity index (χ0) is 28.4. The molecule has 1 amide bonds. The largest absolute Gasteiger partial charge is 0.384 e. The van der Waals surface area contributed by atoms with Crippen LogP contribution >= 0.6 is 0 Å². The van der Waals surface area contributed by atoms with E-state index in [0.717, 1.165) is 17.2 Å². The third kappa shape index (κ3) is 5.96. The highest BCUT2D eigenvalue weighted by atomic mass is 19.1. The lowest BCUT2D eigenvalue weighted by atomic mass is 9.85. The minimum atomic E-state index is -0.732. The number of pyridine rings is 1. The molecule has 0 fully saturated rings. The SMILES string of the molecule is NC(=O)c1cccc(-c2ccc(N)nc2C(CC(=O)CC2=CCc3ccc(F)cc32)Cc2cc(F)cc(F)c2)c1. The van der Waals surface area contributed by atoms with Crippen molar-refractivity contribution in [2.45, 2.75) is 31.6 Å². The first-order valence-corrected chi connectivity index (χ1v) is 12.8. The van der Waals surface area contributed by atoms with Crippen molar-refractivity contribution in [2.75, 3.05) is 5.73 Å². The number of allylic oxidation sites excluding steroid dienone is 2. The van der Waals surface area contributed by atoms with E-state index in [0.29, 0.717) is 39.9 Å². The number of carbonyl (C=O) groups is 2. The third-order valence-corrected chi connectivity index (χ3v) is 7.04. The number of hydrogen-bond donors (Lipinski definition) is 2. The lowest BCUT2D eigenvalue weighted by molar-refractivity contribution is -0.118. The number of aromatic nitrogens is 1. The number of primary amides is 1. The minimum absolute atomic E-state index is 0.0148. The Bertz CT molecular complexity index is 1650. The summed E-state index contributed by atoms with van der Waals surface area (Å²) in [4.78, 5) is 29.9. The normalized spacial score (nSPS) is 13.0. The number of ketones is 1. The predicted octanol–water partition coefficient (Wildman–Crippen LogP) is 6.16. The molecule has 202 valence electrons. The van der Waals surface area contributed by atoms with Crippen LogP contribution in [0.5, 0.6) is 0 Å². The van der Waals surface area contributed by atoms with E-state index >= 15 is 0 Å². The monoisotopic (exact) mass is 541 g/mol. The highest BCUT2D eigenvalue weighted by molar-refractivity contribution is 5.94. The molecule has 1 aliphatic rings. The number of anilines is 1. The first kappa shape index (κ1) is 26.9. The molecule has 0 saturated heterocycles. The summed E-state index contributed by atoms with van der Waals surface area (Å²) in [5.41, 5.74) is 16.3. The first-order valence-electron chi connectivity index (χ1n) is 12.8. The molecule has 0 aliphatic heterocycles. The number of nitrogen functional groups attached to an aromatic ring is 1. The summed E-state index contributed by atoms with van der Waals surface area (Å²) in [7, 11) is 0. The standard InChI is InChI=1S/C32H26F3N3O2/c33-24-7-6-19-4-5-21(29(19)17-24)14-27(39)15-23(10-18-11-25(34)16-26(35)12-18)31-28(8-9-30(36)38-31)20-2-1-3-22(13-20)32(37)40/h1-3,5-9,11-13,16-17,23H,4,10,14-15H2,(H2,36,38)(H2,37,40). The van der Waals surface area contributed by atoms with Gasteiger partial charge in [0.05, 0.1) is 5.69 Å². The summed E-state index contributed by atoms with van der Waals surface area (Å²) >= 11 is 0. The van der Waals surface area contributed by atoms with E-state index < -0.39 is 23.5 Å². The molecule has 1 aliphatic carbocycles. The molecule has 0 saturated carbocycles. The molecule has 5 rings (SSSR count). The van der Waals surface area contributed by atoms with Crippen LogP contribution in [-0.2, 0) is 17.6 Å². The van der Waals surface area contributed by atoms with E-state index in [1.54, 1.807) is 42.5 Å². The number of Topliss-reactive ketones (excluding diaryl/α,β-unsaturated/α-hetero) is 1. The van der Waals surface area contributed by atoms with E-state index in [1.165, 1.54) is 24.3 Å². The molecule has 5 nitrogen and oxygen atoms in total. The van der Waals surface area contributed by atoms with E-state index in [2.05, 4.69) is 4.98 Å². The van der Waals surface area contributed by atoms with Crippen molar-refractivity contribution in [3.63, 3.8) is 0 Å². The van der Waals surface area contributed by atoms with Crippen molar-refractivity contribution in [3.8, 4) is 11.1 Å². The van der Waals surface area contributed by atoms with Crippen molar-refractivity contribution in [1.29, 1.82) is 0 Å². The van der Waals surface area contributed by atoms with E-state index in [9.17, 15) is 22.8 Å². The first-order chi connectivity index (χ1) is 19.2. The number of benzene rings is 3. The van der Waals surface area contributed by atoms with Gasteiger partial charge in [0.2, 0.25) is 5.91 Å². The van der Waals surface area contributed by atoms with Crippen LogP contribution in [0.1, 0.15) is 51.5 Å². The average molecular weight is 542 g/mol. The maximum absolute atomic E-state index is 14.1. The summed E-state index contributed by atoms with van der Waals surface area (Å²) in [6.07, 6.45) is 2.68. The Balaban J connectivity index is 1.52. The maximum atomic E-state index is 14.1. The summed E-state index contributed by atoms with van der Waals surface area (Å²) in [6.45, 7) is 0. The van der Waals surface area contributed by atoms with Gasteiger partial charge in [0, 0.05) is 36.0 Å². The molecule has 1 unspecified atom stereocenters. The number of halogens is 3. The fourth-order valence-corrected chi connectivity index (χ4v) is 5.26. The minimum Gasteiger partial charge on any atom is -0.384 e. The van der Waals surface area contributed by atoms with Crippen LogP contribution in [0.3, 0.4) is 0 Å². The van der Waals surface area contributed by atoms with Crippen LogP contribution in [0.15, 0.2) is 78.9 Å². The second-order valence-electron chi connectivity index (χ2n) is 9.95. The predicted molar refractivity (Wildman–Crippen MR) is 148 cm³/mol. The highest BCUT2D eigenvalue weighted by Gasteiger charge is 2.25. The zero-order valence-corrected chi connectivity index (χ0v) is 21.5. The molecule has 40 heavy (non-hydrogen) atoms. The molecule has 0 bridgehead atoms. The average Bonchev–Trinajstić information content (AvgIpc) is 3.29. The van der Waals surface area contributed by atoms with Gasteiger partial charge in [-0.05, 0) is 89.2 Å². The van der Waals surface area contributed by atoms with Crippen molar-refractivity contribution < 1.29 is 22.8 Å². The molecular formula is C32H26F3N3O2. The number of fused-ring (bicyclic) bond motifs is 1. The number of nitrogens with zero attached hydrogens (tertiary/aromatic N) is 1. The van der Waals surface area contributed by atoms with Crippen LogP contribution in [0.4, 0.5) is 19.0 Å². The van der Waals surface area contributed by atoms with Gasteiger partial charge in [-0.25, -0.2) is 18.2 Å². The molecule has 1 atom stereocenters. The number of hydrogen-bond acceptors (Lipinski definition) is 4.